The van der Waals surface area contributed by atoms with Crippen LogP contribution in [0.4, 0.5) is 5.69 Å². The van der Waals surface area contributed by atoms with E-state index in [2.05, 4.69) is 5.32 Å². The number of carboxylic acid groups (broad SMARTS) is 1. The molecular formula is C9H8ClNO4. The smallest absolute Gasteiger partial charge is 0.335 e. The van der Waals surface area contributed by atoms with Crippen molar-refractivity contribution in [2.75, 3.05) is 11.2 Å². The Balaban J connectivity index is 2.93. The van der Waals surface area contributed by atoms with Gasteiger partial charge in [-0.1, -0.05) is 0 Å². The normalized spacial score (nSPS) is 9.67. The van der Waals surface area contributed by atoms with Crippen LogP contribution in [0.2, 0.25) is 0 Å². The molecule has 0 bridgehead atoms. The Morgan fingerprint density at radius 3 is 2.53 bits per heavy atom. The molecule has 0 aliphatic rings. The van der Waals surface area contributed by atoms with Gasteiger partial charge in [0.25, 0.3) is 0 Å². The Hall–Kier alpha value is -1.75. The third-order valence-corrected chi connectivity index (χ3v) is 1.88. The quantitative estimate of drug-likeness (QED) is 0.538. The number of rotatable bonds is 3. The van der Waals surface area contributed by atoms with Crippen LogP contribution in [0.1, 0.15) is 10.4 Å². The molecule has 0 aliphatic heterocycles. The van der Waals surface area contributed by atoms with E-state index in [1.54, 1.807) is 0 Å². The molecule has 0 aliphatic carbocycles. The van der Waals surface area contributed by atoms with Crippen LogP contribution in [0.25, 0.3) is 0 Å². The predicted molar refractivity (Wildman–Crippen MR) is 54.4 cm³/mol. The zero-order valence-electron chi connectivity index (χ0n) is 7.53. The molecule has 0 spiro atoms. The Bertz CT molecular complexity index is 405. The highest BCUT2D eigenvalue weighted by molar-refractivity contribution is 6.29. The minimum absolute atomic E-state index is 0.0589. The van der Waals surface area contributed by atoms with Crippen LogP contribution in [0.5, 0.6) is 5.75 Å². The van der Waals surface area contributed by atoms with Crippen molar-refractivity contribution in [2.45, 2.75) is 0 Å². The largest absolute Gasteiger partial charge is 0.506 e. The molecule has 15 heavy (non-hydrogen) atoms. The number of hydrogen-bond donors (Lipinski definition) is 3. The number of nitrogens with one attached hydrogen (secondary N) is 1. The highest BCUT2D eigenvalue weighted by Gasteiger charge is 2.09. The zero-order chi connectivity index (χ0) is 11.4. The summed E-state index contributed by atoms with van der Waals surface area (Å²) >= 11 is 5.25. The lowest BCUT2D eigenvalue weighted by Crippen LogP contribution is -2.12. The van der Waals surface area contributed by atoms with E-state index >= 15 is 0 Å². The number of phenolic OH excluding ortho intramolecular Hbond substituents is 1. The van der Waals surface area contributed by atoms with E-state index < -0.39 is 11.9 Å². The van der Waals surface area contributed by atoms with Gasteiger partial charge in [-0.3, -0.25) is 4.79 Å². The van der Waals surface area contributed by atoms with E-state index in [1.807, 2.05) is 0 Å². The highest BCUT2D eigenvalue weighted by Crippen LogP contribution is 2.24. The Kier molecular flexibility index (Phi) is 3.51. The molecule has 0 fully saturated rings. The van der Waals surface area contributed by atoms with Gasteiger partial charge in [-0.15, -0.1) is 11.6 Å². The molecule has 1 aromatic rings. The second-order valence-corrected chi connectivity index (χ2v) is 2.99. The van der Waals surface area contributed by atoms with Crippen molar-refractivity contribution >= 4 is 29.2 Å². The summed E-state index contributed by atoms with van der Waals surface area (Å²) in [4.78, 5) is 21.4. The summed E-state index contributed by atoms with van der Waals surface area (Å²) in [5, 5.41) is 20.3. The minimum Gasteiger partial charge on any atom is -0.506 e. The highest BCUT2D eigenvalue weighted by atomic mass is 35.5. The number of amides is 1. The van der Waals surface area contributed by atoms with Crippen LogP contribution >= 0.6 is 11.6 Å². The topological polar surface area (TPSA) is 86.6 Å². The molecule has 0 atom stereocenters. The molecule has 1 rings (SSSR count). The van der Waals surface area contributed by atoms with E-state index in [1.165, 1.54) is 12.1 Å². The van der Waals surface area contributed by atoms with Crippen LogP contribution in [-0.2, 0) is 4.79 Å². The molecule has 0 aromatic heterocycles. The van der Waals surface area contributed by atoms with Crippen molar-refractivity contribution in [3.63, 3.8) is 0 Å². The maximum Gasteiger partial charge on any atom is 0.335 e. The monoisotopic (exact) mass is 229 g/mol. The van der Waals surface area contributed by atoms with E-state index in [4.69, 9.17) is 16.7 Å². The van der Waals surface area contributed by atoms with Crippen molar-refractivity contribution in [1.29, 1.82) is 0 Å². The van der Waals surface area contributed by atoms with Gasteiger partial charge in [0.2, 0.25) is 5.91 Å². The van der Waals surface area contributed by atoms with E-state index in [0.717, 1.165) is 6.07 Å². The maximum atomic E-state index is 10.9. The van der Waals surface area contributed by atoms with Gasteiger partial charge in [-0.05, 0) is 18.2 Å². The Morgan fingerprint density at radius 1 is 1.40 bits per heavy atom. The molecular weight excluding hydrogens is 222 g/mol. The number of alkyl halides is 1. The lowest BCUT2D eigenvalue weighted by molar-refractivity contribution is -0.113. The molecule has 3 N–H and O–H groups in total. The third-order valence-electron chi connectivity index (χ3n) is 1.64. The van der Waals surface area contributed by atoms with Crippen molar-refractivity contribution in [3.05, 3.63) is 23.8 Å². The number of anilines is 1. The Labute approximate surface area is 90.3 Å². The van der Waals surface area contributed by atoms with Gasteiger partial charge in [-0.25, -0.2) is 4.79 Å². The van der Waals surface area contributed by atoms with Crippen molar-refractivity contribution in [1.82, 2.24) is 0 Å². The fraction of sp³-hybridized carbons (Fsp3) is 0.111. The molecule has 1 aromatic carbocycles. The van der Waals surface area contributed by atoms with E-state index in [0.29, 0.717) is 0 Å². The molecule has 6 heteroatoms. The summed E-state index contributed by atoms with van der Waals surface area (Å²) < 4.78 is 0. The molecule has 0 unspecified atom stereocenters. The lowest BCUT2D eigenvalue weighted by atomic mass is 10.2. The van der Waals surface area contributed by atoms with Crippen molar-refractivity contribution in [3.8, 4) is 5.75 Å². The van der Waals surface area contributed by atoms with Gasteiger partial charge in [0, 0.05) is 0 Å². The molecule has 1 amide bonds. The average molecular weight is 230 g/mol. The van der Waals surface area contributed by atoms with Gasteiger partial charge in [0.1, 0.15) is 11.6 Å². The second-order valence-electron chi connectivity index (χ2n) is 2.72. The first-order valence-corrected chi connectivity index (χ1v) is 4.50. The first-order chi connectivity index (χ1) is 7.04. The summed E-state index contributed by atoms with van der Waals surface area (Å²) in [6, 6.07) is 3.61. The van der Waals surface area contributed by atoms with Crippen molar-refractivity contribution < 1.29 is 19.8 Å². The molecule has 80 valence electrons. The van der Waals surface area contributed by atoms with Gasteiger partial charge >= 0.3 is 5.97 Å². The van der Waals surface area contributed by atoms with Crippen LogP contribution in [-0.4, -0.2) is 28.0 Å². The molecule has 5 nitrogen and oxygen atoms in total. The van der Waals surface area contributed by atoms with Gasteiger partial charge < -0.3 is 15.5 Å². The number of aromatic carboxylic acids is 1. The summed E-state index contributed by atoms with van der Waals surface area (Å²) in [5.74, 6) is -2.18. The molecule has 0 saturated heterocycles. The first kappa shape index (κ1) is 11.3. The number of aromatic hydroxyl groups is 1. The number of phenols is 1. The number of hydrogen-bond acceptors (Lipinski definition) is 3. The van der Waals surface area contributed by atoms with Crippen LogP contribution in [0.15, 0.2) is 18.2 Å². The number of halogens is 1. The van der Waals surface area contributed by atoms with Gasteiger partial charge in [-0.2, -0.15) is 0 Å². The van der Waals surface area contributed by atoms with E-state index in [9.17, 15) is 14.7 Å². The third kappa shape index (κ3) is 2.85. The number of carboxylic acids is 1. The van der Waals surface area contributed by atoms with Crippen LogP contribution < -0.4 is 5.32 Å². The SMILES string of the molecule is O=C(CCl)Nc1ccc(C(=O)O)cc1O. The van der Waals surface area contributed by atoms with Crippen molar-refractivity contribution in [2.24, 2.45) is 0 Å². The number of benzene rings is 1. The van der Waals surface area contributed by atoms with Gasteiger partial charge in [0.05, 0.1) is 11.3 Å². The fourth-order valence-corrected chi connectivity index (χ4v) is 1.02. The molecule has 0 radical (unpaired) electrons. The van der Waals surface area contributed by atoms with Crippen LogP contribution in [0, 0.1) is 0 Å². The lowest BCUT2D eigenvalue weighted by Gasteiger charge is -2.05. The maximum absolute atomic E-state index is 10.9. The predicted octanol–water partition coefficient (Wildman–Crippen LogP) is 1.27. The zero-order valence-corrected chi connectivity index (χ0v) is 8.28. The summed E-state index contributed by atoms with van der Waals surface area (Å²) in [5.41, 5.74) is 0.0713. The van der Waals surface area contributed by atoms with Crippen LogP contribution in [0.3, 0.4) is 0 Å². The minimum atomic E-state index is -1.15. The second kappa shape index (κ2) is 4.65. The first-order valence-electron chi connectivity index (χ1n) is 3.96. The van der Waals surface area contributed by atoms with E-state index in [-0.39, 0.29) is 22.9 Å². The average Bonchev–Trinajstić information content (AvgIpc) is 2.20. The summed E-state index contributed by atoms with van der Waals surface area (Å²) in [7, 11) is 0. The number of carbonyl (C=O) groups excluding carboxylic acids is 1. The fourth-order valence-electron chi connectivity index (χ4n) is 0.954. The van der Waals surface area contributed by atoms with Gasteiger partial charge in [0.15, 0.2) is 0 Å². The summed E-state index contributed by atoms with van der Waals surface area (Å²) in [6.45, 7) is 0. The number of carbonyl (C=O) groups is 2. The Morgan fingerprint density at radius 2 is 2.07 bits per heavy atom. The molecule has 0 saturated carbocycles. The molecule has 0 heterocycles. The standard InChI is InChI=1S/C9H8ClNO4/c10-4-8(13)11-6-2-1-5(9(14)15)3-7(6)12/h1-3,12H,4H2,(H,11,13)(H,14,15). The summed E-state index contributed by atoms with van der Waals surface area (Å²) in [6.07, 6.45) is 0.